The monoisotopic (exact) mass is 405 g/mol. The first-order valence-corrected chi connectivity index (χ1v) is 10.5. The van der Waals surface area contributed by atoms with Gasteiger partial charge in [0.15, 0.2) is 9.84 Å². The molecule has 138 valence electrons. The van der Waals surface area contributed by atoms with Crippen molar-refractivity contribution in [2.75, 3.05) is 12.9 Å². The zero-order chi connectivity index (χ0) is 17.5. The molecule has 0 spiro atoms. The number of hydrogen-bond acceptors (Lipinski definition) is 6. The molecule has 3 rings (SSSR count). The van der Waals surface area contributed by atoms with Crippen molar-refractivity contribution < 1.29 is 22.3 Å². The van der Waals surface area contributed by atoms with Gasteiger partial charge in [0.05, 0.1) is 22.7 Å². The minimum Gasteiger partial charge on any atom is -0.496 e. The number of sulfone groups is 1. The average molecular weight is 406 g/mol. The van der Waals surface area contributed by atoms with E-state index in [-0.39, 0.29) is 34.5 Å². The Labute approximate surface area is 154 Å². The summed E-state index contributed by atoms with van der Waals surface area (Å²) in [7, 11) is -5.52. The third-order valence-electron chi connectivity index (χ3n) is 4.20. The van der Waals surface area contributed by atoms with Crippen molar-refractivity contribution in [3.63, 3.8) is 0 Å². The van der Waals surface area contributed by atoms with Gasteiger partial charge in [0.1, 0.15) is 11.0 Å². The molecule has 0 bridgehead atoms. The van der Waals surface area contributed by atoms with Crippen LogP contribution in [0.15, 0.2) is 52.3 Å². The van der Waals surface area contributed by atoms with E-state index in [9.17, 15) is 17.5 Å². The second kappa shape index (κ2) is 7.14. The Morgan fingerprint density at radius 2 is 1.84 bits per heavy atom. The molecule has 1 aliphatic rings. The van der Waals surface area contributed by atoms with Gasteiger partial charge in [-0.1, -0.05) is 18.2 Å². The third-order valence-corrected chi connectivity index (χ3v) is 8.35. The van der Waals surface area contributed by atoms with Crippen LogP contribution in [0.5, 0.6) is 5.75 Å². The first-order chi connectivity index (χ1) is 11.3. The van der Waals surface area contributed by atoms with Gasteiger partial charge in [-0.15, -0.1) is 12.4 Å². The normalized spacial score (nSPS) is 19.6. The van der Waals surface area contributed by atoms with Gasteiger partial charge in [0, 0.05) is 17.7 Å². The fourth-order valence-corrected chi connectivity index (χ4v) is 7.54. The molecule has 1 aliphatic heterocycles. The number of ether oxygens (including phenoxy) is 1. The molecule has 0 aromatic heterocycles. The van der Waals surface area contributed by atoms with Crippen molar-refractivity contribution in [3.05, 3.63) is 53.6 Å². The topological polar surface area (TPSA) is 110 Å². The molecule has 9 heteroatoms. The van der Waals surface area contributed by atoms with Gasteiger partial charge in [-0.3, -0.25) is 9.11 Å². The van der Waals surface area contributed by atoms with Crippen molar-refractivity contribution in [3.8, 4) is 5.75 Å². The number of rotatable bonds is 4. The Kier molecular flexibility index (Phi) is 5.72. The quantitative estimate of drug-likeness (QED) is 0.720. The van der Waals surface area contributed by atoms with E-state index < -0.39 is 25.7 Å². The molecule has 0 aliphatic carbocycles. The molecule has 25 heavy (non-hydrogen) atoms. The highest BCUT2D eigenvalue weighted by Crippen LogP contribution is 2.62. The van der Waals surface area contributed by atoms with Gasteiger partial charge in [-0.05, 0) is 24.3 Å². The molecule has 1 heterocycles. The predicted molar refractivity (Wildman–Crippen MR) is 100 cm³/mol. The highest BCUT2D eigenvalue weighted by atomic mass is 35.5. The lowest BCUT2D eigenvalue weighted by molar-refractivity contribution is 0.408. The second-order valence-electron chi connectivity index (χ2n) is 5.54. The van der Waals surface area contributed by atoms with Crippen LogP contribution in [0, 0.1) is 0 Å². The number of hydrogen-bond donors (Lipinski definition) is 3. The summed E-state index contributed by atoms with van der Waals surface area (Å²) in [5.41, 5.74) is 6.66. The summed E-state index contributed by atoms with van der Waals surface area (Å²) < 4.78 is 52.2. The fraction of sp³-hybridized carbons (Fsp3) is 0.250. The van der Waals surface area contributed by atoms with Crippen LogP contribution in [-0.2, 0) is 16.4 Å². The van der Waals surface area contributed by atoms with E-state index in [1.165, 1.54) is 25.3 Å². The van der Waals surface area contributed by atoms with Crippen molar-refractivity contribution in [1.29, 1.82) is 0 Å². The smallest absolute Gasteiger partial charge is 0.187 e. The van der Waals surface area contributed by atoms with Gasteiger partial charge in [0.25, 0.3) is 0 Å². The summed E-state index contributed by atoms with van der Waals surface area (Å²) in [5.74, 6) is 0.182. The summed E-state index contributed by atoms with van der Waals surface area (Å²) in [6.07, 6.45) is 0. The Hall–Kier alpha value is -1.29. The van der Waals surface area contributed by atoms with Crippen molar-refractivity contribution in [2.45, 2.75) is 21.6 Å². The summed E-state index contributed by atoms with van der Waals surface area (Å²) in [5, 5.41) is -1.06. The Morgan fingerprint density at radius 1 is 1.20 bits per heavy atom. The maximum Gasteiger partial charge on any atom is 0.187 e. The molecule has 0 radical (unpaired) electrons. The molecule has 0 saturated carbocycles. The largest absolute Gasteiger partial charge is 0.496 e. The van der Waals surface area contributed by atoms with Crippen molar-refractivity contribution in [2.24, 2.45) is 5.73 Å². The molecule has 0 amide bonds. The predicted octanol–water partition coefficient (Wildman–Crippen LogP) is 3.21. The molecule has 1 unspecified atom stereocenters. The zero-order valence-electron chi connectivity index (χ0n) is 13.5. The van der Waals surface area contributed by atoms with E-state index in [4.69, 9.17) is 10.5 Å². The lowest BCUT2D eigenvalue weighted by Gasteiger charge is -2.27. The van der Waals surface area contributed by atoms with Gasteiger partial charge in [-0.2, -0.15) is 10.6 Å². The third kappa shape index (κ3) is 3.25. The molecule has 4 N–H and O–H groups in total. The summed E-state index contributed by atoms with van der Waals surface area (Å²) in [6, 6.07) is 11.1. The van der Waals surface area contributed by atoms with Crippen LogP contribution in [0.1, 0.15) is 16.4 Å². The standard InChI is InChI=1S/C16H19NO5S2.ClH/c1-22-13-7-8-14-16(12(13)9-17)15(10-23(14,18)19)24(20,21)11-5-3-2-4-6-11;/h2-8,15,18-19H,9-10,17H2,1H3;1H. The maximum absolute atomic E-state index is 13.1. The number of nitrogens with two attached hydrogens (primary N) is 1. The Balaban J connectivity index is 0.00000225. The fourth-order valence-electron chi connectivity index (χ4n) is 3.07. The molecule has 2 aromatic carbocycles. The van der Waals surface area contributed by atoms with Gasteiger partial charge in [-0.25, -0.2) is 8.42 Å². The summed E-state index contributed by atoms with van der Waals surface area (Å²) >= 11 is 0. The molecule has 0 fully saturated rings. The molecular weight excluding hydrogens is 386 g/mol. The Morgan fingerprint density at radius 3 is 2.40 bits per heavy atom. The first kappa shape index (κ1) is 20.0. The summed E-state index contributed by atoms with van der Waals surface area (Å²) in [4.78, 5) is 0.386. The zero-order valence-corrected chi connectivity index (χ0v) is 15.9. The van der Waals surface area contributed by atoms with Crippen LogP contribution in [-0.4, -0.2) is 30.4 Å². The first-order valence-electron chi connectivity index (χ1n) is 7.27. The van der Waals surface area contributed by atoms with Gasteiger partial charge < -0.3 is 10.5 Å². The van der Waals surface area contributed by atoms with Crippen molar-refractivity contribution in [1.82, 2.24) is 0 Å². The Bertz CT molecular complexity index is 872. The maximum atomic E-state index is 13.1. The molecular formula is C16H20ClNO5S2. The number of fused-ring (bicyclic) bond motifs is 1. The summed E-state index contributed by atoms with van der Waals surface area (Å²) in [6.45, 7) is 0.0443. The second-order valence-corrected chi connectivity index (χ2v) is 9.78. The van der Waals surface area contributed by atoms with E-state index in [0.717, 1.165) is 0 Å². The van der Waals surface area contributed by atoms with E-state index in [2.05, 4.69) is 0 Å². The highest BCUT2D eigenvalue weighted by molar-refractivity contribution is 8.25. The van der Waals surface area contributed by atoms with E-state index in [1.54, 1.807) is 24.3 Å². The SMILES string of the molecule is COc1ccc2c(c1CN)C(S(=O)(=O)c1ccccc1)CS2(O)O.Cl. The van der Waals surface area contributed by atoms with Crippen molar-refractivity contribution >= 4 is 32.8 Å². The molecule has 1 atom stereocenters. The van der Waals surface area contributed by atoms with Crippen LogP contribution in [0.2, 0.25) is 0 Å². The van der Waals surface area contributed by atoms with E-state index in [0.29, 0.717) is 16.9 Å². The van der Waals surface area contributed by atoms with Crippen LogP contribution < -0.4 is 10.5 Å². The van der Waals surface area contributed by atoms with E-state index in [1.807, 2.05) is 0 Å². The van der Waals surface area contributed by atoms with Crippen LogP contribution in [0.25, 0.3) is 0 Å². The van der Waals surface area contributed by atoms with Crippen LogP contribution in [0.4, 0.5) is 0 Å². The highest BCUT2D eigenvalue weighted by Gasteiger charge is 2.45. The number of halogens is 1. The minimum absolute atomic E-state index is 0. The van der Waals surface area contributed by atoms with Crippen LogP contribution >= 0.6 is 23.0 Å². The van der Waals surface area contributed by atoms with Gasteiger partial charge in [0.2, 0.25) is 0 Å². The lowest BCUT2D eigenvalue weighted by atomic mass is 10.0. The lowest BCUT2D eigenvalue weighted by Crippen LogP contribution is -2.17. The minimum atomic E-state index is -3.79. The number of methoxy groups -OCH3 is 1. The van der Waals surface area contributed by atoms with Crippen LogP contribution in [0.3, 0.4) is 0 Å². The van der Waals surface area contributed by atoms with E-state index >= 15 is 0 Å². The molecule has 0 saturated heterocycles. The molecule has 6 nitrogen and oxygen atoms in total. The molecule has 2 aromatic rings. The average Bonchev–Trinajstić information content (AvgIpc) is 2.87. The van der Waals surface area contributed by atoms with Gasteiger partial charge >= 0.3 is 0 Å². The number of benzene rings is 2.